The molecule has 5 rings (SSSR count). The summed E-state index contributed by atoms with van der Waals surface area (Å²) < 4.78 is 11.5. The lowest BCUT2D eigenvalue weighted by molar-refractivity contribution is -0.277. The predicted molar refractivity (Wildman–Crippen MR) is 133 cm³/mol. The summed E-state index contributed by atoms with van der Waals surface area (Å²) in [7, 11) is 0. The molecular formula is C28H26O8. The highest BCUT2D eigenvalue weighted by atomic mass is 16.7. The Hall–Kier alpha value is -3.66. The summed E-state index contributed by atoms with van der Waals surface area (Å²) >= 11 is 0. The van der Waals surface area contributed by atoms with Gasteiger partial charge in [0.2, 0.25) is 6.29 Å². The van der Waals surface area contributed by atoms with Crippen molar-refractivity contribution in [2.24, 2.45) is 0 Å². The summed E-state index contributed by atoms with van der Waals surface area (Å²) in [4.78, 5) is 0. The number of rotatable bonds is 5. The van der Waals surface area contributed by atoms with E-state index in [1.807, 2.05) is 36.4 Å². The van der Waals surface area contributed by atoms with Crippen LogP contribution >= 0.6 is 0 Å². The Labute approximate surface area is 206 Å². The van der Waals surface area contributed by atoms with Gasteiger partial charge in [0.15, 0.2) is 11.5 Å². The van der Waals surface area contributed by atoms with Crippen molar-refractivity contribution in [3.63, 3.8) is 0 Å². The summed E-state index contributed by atoms with van der Waals surface area (Å²) in [6.07, 6.45) is -7.61. The molecule has 186 valence electrons. The van der Waals surface area contributed by atoms with Crippen molar-refractivity contribution in [2.75, 3.05) is 6.61 Å². The van der Waals surface area contributed by atoms with Gasteiger partial charge in [-0.15, -0.1) is 0 Å². The summed E-state index contributed by atoms with van der Waals surface area (Å²) in [5.41, 5.74) is 1.59. The highest BCUT2D eigenvalue weighted by Crippen LogP contribution is 2.51. The molecule has 36 heavy (non-hydrogen) atoms. The molecule has 6 N–H and O–H groups in total. The van der Waals surface area contributed by atoms with Crippen molar-refractivity contribution in [3.05, 3.63) is 78.9 Å². The molecule has 0 saturated carbocycles. The second-order valence-corrected chi connectivity index (χ2v) is 8.70. The van der Waals surface area contributed by atoms with Gasteiger partial charge in [-0.25, -0.2) is 0 Å². The topological polar surface area (TPSA) is 140 Å². The fourth-order valence-electron chi connectivity index (χ4n) is 4.58. The number of aromatic hydroxyl groups is 2. The number of hydrogen-bond donors (Lipinski definition) is 6. The van der Waals surface area contributed by atoms with Gasteiger partial charge in [0.25, 0.3) is 0 Å². The summed E-state index contributed by atoms with van der Waals surface area (Å²) in [6, 6.07) is 23.3. The van der Waals surface area contributed by atoms with Crippen LogP contribution < -0.4 is 4.74 Å². The van der Waals surface area contributed by atoms with Gasteiger partial charge in [-0.05, 0) is 28.0 Å². The maximum Gasteiger partial charge on any atom is 0.229 e. The van der Waals surface area contributed by atoms with E-state index >= 15 is 0 Å². The Kier molecular flexibility index (Phi) is 6.53. The van der Waals surface area contributed by atoms with E-state index in [0.29, 0.717) is 16.7 Å². The first kappa shape index (κ1) is 24.1. The zero-order valence-electron chi connectivity index (χ0n) is 19.1. The average molecular weight is 491 g/mol. The number of ether oxygens (including phenoxy) is 2. The number of phenolic OH excluding ortho intramolecular Hbond substituents is 2. The van der Waals surface area contributed by atoms with Crippen LogP contribution in [0, 0.1) is 0 Å². The first-order valence-corrected chi connectivity index (χ1v) is 11.5. The van der Waals surface area contributed by atoms with Crippen LogP contribution in [0.1, 0.15) is 0 Å². The third-order valence-corrected chi connectivity index (χ3v) is 6.46. The molecule has 0 spiro atoms. The van der Waals surface area contributed by atoms with Gasteiger partial charge in [0.05, 0.1) is 12.2 Å². The Morgan fingerprint density at radius 1 is 0.750 bits per heavy atom. The molecule has 5 atom stereocenters. The molecule has 1 saturated heterocycles. The lowest BCUT2D eigenvalue weighted by atomic mass is 9.93. The Balaban J connectivity index is 1.69. The largest absolute Gasteiger partial charge is 0.507 e. The van der Waals surface area contributed by atoms with Crippen LogP contribution in [0.5, 0.6) is 17.2 Å². The first-order valence-electron chi connectivity index (χ1n) is 11.5. The lowest BCUT2D eigenvalue weighted by Crippen LogP contribution is -2.60. The molecule has 1 aliphatic heterocycles. The minimum atomic E-state index is -1.68. The third kappa shape index (κ3) is 4.15. The quantitative estimate of drug-likeness (QED) is 0.251. The Morgan fingerprint density at radius 3 is 2.19 bits per heavy atom. The standard InChI is InChI=1S/C28H26O8/c29-14-21-23(31)25(33)26(34)28(35-21)36-27-19(16-7-2-1-3-8-16)13-20(30)22(24(27)32)18-12-6-10-15-9-4-5-11-17(15)18/h1-13,21,23,25-26,28-34H,14H2/t21-,23-,25+,26-,28+/m1/s1. The molecule has 1 aliphatic rings. The van der Waals surface area contributed by atoms with Gasteiger partial charge >= 0.3 is 0 Å². The number of phenols is 2. The normalized spacial score (nSPS) is 24.1. The Morgan fingerprint density at radius 2 is 1.44 bits per heavy atom. The van der Waals surface area contributed by atoms with E-state index in [2.05, 4.69) is 0 Å². The van der Waals surface area contributed by atoms with Crippen LogP contribution in [0.4, 0.5) is 0 Å². The molecular weight excluding hydrogens is 464 g/mol. The van der Waals surface area contributed by atoms with Crippen LogP contribution in [0.25, 0.3) is 33.0 Å². The van der Waals surface area contributed by atoms with Crippen molar-refractivity contribution in [3.8, 4) is 39.5 Å². The van der Waals surface area contributed by atoms with Gasteiger partial charge in [-0.3, -0.25) is 0 Å². The fraction of sp³-hybridized carbons (Fsp3) is 0.214. The zero-order chi connectivity index (χ0) is 25.4. The van der Waals surface area contributed by atoms with Crippen LogP contribution in [-0.4, -0.2) is 68.0 Å². The van der Waals surface area contributed by atoms with Crippen molar-refractivity contribution in [1.29, 1.82) is 0 Å². The molecule has 0 bridgehead atoms. The van der Waals surface area contributed by atoms with Crippen molar-refractivity contribution < 1.29 is 40.1 Å². The monoisotopic (exact) mass is 490 g/mol. The second kappa shape index (κ2) is 9.77. The molecule has 1 heterocycles. The van der Waals surface area contributed by atoms with Gasteiger partial charge in [0.1, 0.15) is 30.2 Å². The van der Waals surface area contributed by atoms with Crippen LogP contribution in [0.15, 0.2) is 78.9 Å². The van der Waals surface area contributed by atoms with Crippen LogP contribution in [0.3, 0.4) is 0 Å². The van der Waals surface area contributed by atoms with Gasteiger partial charge in [-0.1, -0.05) is 72.8 Å². The van der Waals surface area contributed by atoms with E-state index in [9.17, 15) is 30.6 Å². The van der Waals surface area contributed by atoms with Gasteiger partial charge in [-0.2, -0.15) is 0 Å². The molecule has 8 nitrogen and oxygen atoms in total. The van der Waals surface area contributed by atoms with Crippen molar-refractivity contribution >= 4 is 10.8 Å². The Bertz CT molecular complexity index is 1370. The van der Waals surface area contributed by atoms with Gasteiger partial charge < -0.3 is 40.1 Å². The SMILES string of the molecule is OC[C@H]1O[C@@H](Oc2c(-c3ccccc3)cc(O)c(-c3cccc4ccccc34)c2O)[C@H](O)[C@@H](O)[C@@H]1O. The summed E-state index contributed by atoms with van der Waals surface area (Å²) in [5.74, 6) is -0.697. The van der Waals surface area contributed by atoms with E-state index in [1.54, 1.807) is 36.4 Å². The molecule has 4 aromatic carbocycles. The number of hydrogen-bond acceptors (Lipinski definition) is 8. The predicted octanol–water partition coefficient (Wildman–Crippen LogP) is 2.76. The molecule has 8 heteroatoms. The average Bonchev–Trinajstić information content (AvgIpc) is 2.90. The van der Waals surface area contributed by atoms with Crippen LogP contribution in [0.2, 0.25) is 0 Å². The van der Waals surface area contributed by atoms with E-state index in [4.69, 9.17) is 9.47 Å². The number of fused-ring (bicyclic) bond motifs is 1. The van der Waals surface area contributed by atoms with Crippen LogP contribution in [-0.2, 0) is 4.74 Å². The molecule has 4 aromatic rings. The molecule has 0 radical (unpaired) electrons. The smallest absolute Gasteiger partial charge is 0.229 e. The maximum atomic E-state index is 11.5. The van der Waals surface area contributed by atoms with Gasteiger partial charge in [0, 0.05) is 5.56 Å². The molecule has 0 aliphatic carbocycles. The summed E-state index contributed by atoms with van der Waals surface area (Å²) in [5, 5.41) is 64.7. The maximum absolute atomic E-state index is 11.5. The zero-order valence-corrected chi connectivity index (χ0v) is 19.1. The molecule has 0 aromatic heterocycles. The van der Waals surface area contributed by atoms with E-state index in [0.717, 1.165) is 10.8 Å². The number of aliphatic hydroxyl groups excluding tert-OH is 4. The summed E-state index contributed by atoms with van der Waals surface area (Å²) in [6.45, 7) is -0.626. The molecule has 1 fully saturated rings. The van der Waals surface area contributed by atoms with Crippen molar-refractivity contribution in [2.45, 2.75) is 30.7 Å². The highest BCUT2D eigenvalue weighted by molar-refractivity contribution is 6.01. The molecule has 0 amide bonds. The van der Waals surface area contributed by atoms with Crippen molar-refractivity contribution in [1.82, 2.24) is 0 Å². The molecule has 0 unspecified atom stereocenters. The number of benzene rings is 4. The van der Waals surface area contributed by atoms with E-state index in [-0.39, 0.29) is 17.1 Å². The third-order valence-electron chi connectivity index (χ3n) is 6.46. The fourth-order valence-corrected chi connectivity index (χ4v) is 4.58. The minimum absolute atomic E-state index is 0.105. The highest BCUT2D eigenvalue weighted by Gasteiger charge is 2.45. The first-order chi connectivity index (χ1) is 17.4. The second-order valence-electron chi connectivity index (χ2n) is 8.70. The minimum Gasteiger partial charge on any atom is -0.507 e. The van der Waals surface area contributed by atoms with E-state index < -0.39 is 43.1 Å². The number of aliphatic hydroxyl groups is 4. The lowest BCUT2D eigenvalue weighted by Gasteiger charge is -2.39. The van der Waals surface area contributed by atoms with E-state index in [1.165, 1.54) is 6.07 Å².